The van der Waals surface area contributed by atoms with Crippen molar-refractivity contribution in [2.24, 2.45) is 5.92 Å². The second-order valence-electron chi connectivity index (χ2n) is 9.36. The van der Waals surface area contributed by atoms with Crippen LogP contribution in [0.5, 0.6) is 0 Å². The van der Waals surface area contributed by atoms with Crippen LogP contribution in [0.2, 0.25) is 5.02 Å². The van der Waals surface area contributed by atoms with Gasteiger partial charge in [-0.1, -0.05) is 17.7 Å². The fourth-order valence-corrected chi connectivity index (χ4v) is 4.99. The van der Waals surface area contributed by atoms with Gasteiger partial charge in [0.25, 0.3) is 0 Å². The minimum absolute atomic E-state index is 0.333. The Morgan fingerprint density at radius 2 is 2.06 bits per heavy atom. The molecule has 2 fully saturated rings. The lowest BCUT2D eigenvalue weighted by molar-refractivity contribution is 0.185. The first kappa shape index (κ1) is 21.6. The van der Waals surface area contributed by atoms with Crippen molar-refractivity contribution in [2.75, 3.05) is 31.5 Å². The summed E-state index contributed by atoms with van der Waals surface area (Å²) < 4.78 is 2.02. The van der Waals surface area contributed by atoms with E-state index in [0.29, 0.717) is 17.0 Å². The van der Waals surface area contributed by atoms with E-state index in [1.165, 1.54) is 18.4 Å². The number of nitrogens with one attached hydrogen (secondary N) is 3. The Balaban J connectivity index is 1.22. The van der Waals surface area contributed by atoms with Crippen molar-refractivity contribution in [3.63, 3.8) is 0 Å². The Bertz CT molecular complexity index is 1300. The quantitative estimate of drug-likeness (QED) is 0.361. The van der Waals surface area contributed by atoms with E-state index in [2.05, 4.69) is 55.9 Å². The van der Waals surface area contributed by atoms with Crippen LogP contribution in [-0.4, -0.2) is 55.8 Å². The van der Waals surface area contributed by atoms with Crippen LogP contribution in [0.3, 0.4) is 0 Å². The van der Waals surface area contributed by atoms with Crippen molar-refractivity contribution in [3.05, 3.63) is 53.4 Å². The summed E-state index contributed by atoms with van der Waals surface area (Å²) in [6, 6.07) is 8.53. The number of rotatable bonds is 7. The van der Waals surface area contributed by atoms with Gasteiger partial charge in [0.1, 0.15) is 5.82 Å². The first-order chi connectivity index (χ1) is 16.6. The number of imidazole rings is 1. The number of halogens is 1. The van der Waals surface area contributed by atoms with E-state index in [9.17, 15) is 0 Å². The molecule has 1 aromatic carbocycles. The third-order valence-electron chi connectivity index (χ3n) is 6.89. The lowest BCUT2D eigenvalue weighted by atomic mass is 10.1. The molecule has 0 amide bonds. The van der Waals surface area contributed by atoms with Crippen molar-refractivity contribution >= 4 is 34.4 Å². The molecule has 3 N–H and O–H groups in total. The standard InChI is InChI=1S/C25H29ClN8/c1-16(33-10-8-27-9-11-33)18-6-7-28-22(12-18)31-25-30-21-5-4-20(23(26)24(21)32-25)19-13-29-34(15-19)14-17-2-3-17/h4-7,12-13,15-17,27H,2-3,8-11,14H2,1H3,(H2,28,30,31,32). The molecule has 1 unspecified atom stereocenters. The Kier molecular flexibility index (Phi) is 5.72. The van der Waals surface area contributed by atoms with Crippen molar-refractivity contribution in [1.29, 1.82) is 0 Å². The van der Waals surface area contributed by atoms with Crippen LogP contribution in [0.4, 0.5) is 11.8 Å². The maximum absolute atomic E-state index is 6.81. The molecule has 0 radical (unpaired) electrons. The molecule has 0 spiro atoms. The highest BCUT2D eigenvalue weighted by molar-refractivity contribution is 6.37. The van der Waals surface area contributed by atoms with E-state index in [-0.39, 0.29) is 0 Å². The zero-order valence-electron chi connectivity index (χ0n) is 19.3. The number of benzene rings is 1. The number of aromatic nitrogens is 5. The Morgan fingerprint density at radius 1 is 1.21 bits per heavy atom. The van der Waals surface area contributed by atoms with E-state index < -0.39 is 0 Å². The predicted molar refractivity (Wildman–Crippen MR) is 135 cm³/mol. The number of hydrogen-bond acceptors (Lipinski definition) is 6. The number of pyridine rings is 1. The highest BCUT2D eigenvalue weighted by Crippen LogP contribution is 2.35. The van der Waals surface area contributed by atoms with Crippen LogP contribution in [0.15, 0.2) is 42.9 Å². The van der Waals surface area contributed by atoms with Gasteiger partial charge in [0.05, 0.1) is 22.3 Å². The predicted octanol–water partition coefficient (Wildman–Crippen LogP) is 4.59. The van der Waals surface area contributed by atoms with Crippen LogP contribution < -0.4 is 10.6 Å². The minimum Gasteiger partial charge on any atom is -0.323 e. The molecule has 4 heterocycles. The first-order valence-corrected chi connectivity index (χ1v) is 12.4. The van der Waals surface area contributed by atoms with Crippen LogP contribution >= 0.6 is 11.6 Å². The number of aromatic amines is 1. The third-order valence-corrected chi connectivity index (χ3v) is 7.29. The number of H-pyrrole nitrogens is 1. The van der Waals surface area contributed by atoms with Crippen LogP contribution in [0, 0.1) is 5.92 Å². The van der Waals surface area contributed by atoms with Crippen molar-refractivity contribution in [3.8, 4) is 11.1 Å². The van der Waals surface area contributed by atoms with Crippen LogP contribution in [0.25, 0.3) is 22.2 Å². The topological polar surface area (TPSA) is 86.7 Å². The summed E-state index contributed by atoms with van der Waals surface area (Å²) in [5.74, 6) is 2.16. The lowest BCUT2D eigenvalue weighted by Gasteiger charge is -2.33. The highest BCUT2D eigenvalue weighted by Gasteiger charge is 2.22. The maximum Gasteiger partial charge on any atom is 0.206 e. The molecule has 8 nitrogen and oxygen atoms in total. The van der Waals surface area contributed by atoms with Gasteiger partial charge in [0, 0.05) is 62.3 Å². The fourth-order valence-electron chi connectivity index (χ4n) is 4.67. The summed E-state index contributed by atoms with van der Waals surface area (Å²) in [5, 5.41) is 11.9. The molecular weight excluding hydrogens is 448 g/mol. The Morgan fingerprint density at radius 3 is 2.88 bits per heavy atom. The fraction of sp³-hybridized carbons (Fsp3) is 0.400. The van der Waals surface area contributed by atoms with Gasteiger partial charge in [0.15, 0.2) is 0 Å². The second kappa shape index (κ2) is 9.02. The van der Waals surface area contributed by atoms with E-state index in [4.69, 9.17) is 16.6 Å². The zero-order valence-corrected chi connectivity index (χ0v) is 20.0. The molecule has 6 rings (SSSR count). The number of fused-ring (bicyclic) bond motifs is 1. The summed E-state index contributed by atoms with van der Waals surface area (Å²) in [5.41, 5.74) is 4.83. The van der Waals surface area contributed by atoms with Gasteiger partial charge in [-0.2, -0.15) is 5.10 Å². The molecule has 1 aliphatic carbocycles. The van der Waals surface area contributed by atoms with Crippen LogP contribution in [-0.2, 0) is 6.54 Å². The molecule has 9 heteroatoms. The van der Waals surface area contributed by atoms with Crippen molar-refractivity contribution < 1.29 is 0 Å². The summed E-state index contributed by atoms with van der Waals surface area (Å²) in [6.45, 7) is 7.40. The van der Waals surface area contributed by atoms with E-state index >= 15 is 0 Å². The van der Waals surface area contributed by atoms with Gasteiger partial charge in [-0.15, -0.1) is 0 Å². The van der Waals surface area contributed by atoms with Gasteiger partial charge < -0.3 is 15.6 Å². The summed E-state index contributed by atoms with van der Waals surface area (Å²) in [6.07, 6.45) is 8.43. The van der Waals surface area contributed by atoms with Gasteiger partial charge in [0.2, 0.25) is 5.95 Å². The minimum atomic E-state index is 0.333. The van der Waals surface area contributed by atoms with Gasteiger partial charge in [-0.25, -0.2) is 9.97 Å². The lowest BCUT2D eigenvalue weighted by Crippen LogP contribution is -2.44. The molecule has 176 valence electrons. The molecule has 2 aliphatic rings. The monoisotopic (exact) mass is 476 g/mol. The summed E-state index contributed by atoms with van der Waals surface area (Å²) >= 11 is 6.81. The molecule has 3 aromatic heterocycles. The zero-order chi connectivity index (χ0) is 23.1. The summed E-state index contributed by atoms with van der Waals surface area (Å²) in [4.78, 5) is 15.0. The second-order valence-corrected chi connectivity index (χ2v) is 9.74. The van der Waals surface area contributed by atoms with Gasteiger partial charge >= 0.3 is 0 Å². The molecule has 4 aromatic rings. The average Bonchev–Trinajstić information content (AvgIpc) is 3.39. The molecule has 0 bridgehead atoms. The normalized spacial score (nSPS) is 17.8. The smallest absolute Gasteiger partial charge is 0.206 e. The SMILES string of the molecule is CC(c1ccnc(Nc2nc3ccc(-c4cnn(CC5CC5)c4)c(Cl)c3[nH]2)c1)N1CCNCC1. The Hall–Kier alpha value is -2.94. The first-order valence-electron chi connectivity index (χ1n) is 12.0. The highest BCUT2D eigenvalue weighted by atomic mass is 35.5. The van der Waals surface area contributed by atoms with Gasteiger partial charge in [-0.05, 0) is 49.4 Å². The van der Waals surface area contributed by atoms with Crippen LogP contribution in [0.1, 0.15) is 31.4 Å². The van der Waals surface area contributed by atoms with E-state index in [1.54, 1.807) is 0 Å². The largest absolute Gasteiger partial charge is 0.323 e. The van der Waals surface area contributed by atoms with E-state index in [1.807, 2.05) is 29.2 Å². The molecule has 1 aliphatic heterocycles. The number of nitrogens with zero attached hydrogens (tertiary/aromatic N) is 5. The molecule has 1 saturated carbocycles. The molecule has 34 heavy (non-hydrogen) atoms. The molecule has 1 saturated heterocycles. The number of piperazine rings is 1. The third kappa shape index (κ3) is 4.41. The van der Waals surface area contributed by atoms with Crippen molar-refractivity contribution in [2.45, 2.75) is 32.4 Å². The number of hydrogen-bond donors (Lipinski definition) is 3. The van der Waals surface area contributed by atoms with Crippen molar-refractivity contribution in [1.82, 2.24) is 34.9 Å². The summed E-state index contributed by atoms with van der Waals surface area (Å²) in [7, 11) is 0. The van der Waals surface area contributed by atoms with E-state index in [0.717, 1.165) is 66.6 Å². The maximum atomic E-state index is 6.81. The molecular formula is C25H29ClN8. The van der Waals surface area contributed by atoms with Gasteiger partial charge in [-0.3, -0.25) is 9.58 Å². The molecule has 1 atom stereocenters. The number of anilines is 2. The average molecular weight is 477 g/mol. The Labute approximate surface area is 203 Å².